The number of aliphatic imine (C=N–C) groups is 1. The Morgan fingerprint density at radius 1 is 0.793 bits per heavy atom. The van der Waals surface area contributed by atoms with Gasteiger partial charge in [-0.1, -0.05) is 0 Å². The van der Waals surface area contributed by atoms with Crippen LogP contribution in [0.15, 0.2) is 83.9 Å². The first-order valence-electron chi connectivity index (χ1n) is 10.1. The van der Waals surface area contributed by atoms with Crippen molar-refractivity contribution >= 4 is 42.3 Å². The maximum absolute atomic E-state index is 5.14. The summed E-state index contributed by atoms with van der Waals surface area (Å²) in [6, 6.07) is 27.8. The summed E-state index contributed by atoms with van der Waals surface area (Å²) in [5, 5.41) is 7.38. The van der Waals surface area contributed by atoms with Gasteiger partial charge in [0.05, 0.1) is 0 Å². The van der Waals surface area contributed by atoms with E-state index in [1.165, 1.54) is 10.0 Å². The van der Waals surface area contributed by atoms with Gasteiger partial charge in [-0.2, -0.15) is 0 Å². The average Bonchev–Trinajstić information content (AvgIpc) is 2.74. The van der Waals surface area contributed by atoms with Gasteiger partial charge in [-0.05, 0) is 0 Å². The van der Waals surface area contributed by atoms with Crippen LogP contribution < -0.4 is 15.1 Å². The second-order valence-corrected chi connectivity index (χ2v) is 10.7. The van der Waals surface area contributed by atoms with E-state index in [1.807, 2.05) is 0 Å². The fraction of sp³-hybridized carbons (Fsp3) is 0.240. The number of anilines is 2. The molecule has 2 atom stereocenters. The van der Waals surface area contributed by atoms with Crippen molar-refractivity contribution in [2.45, 2.75) is 37.5 Å². The van der Waals surface area contributed by atoms with Crippen LogP contribution in [0.3, 0.4) is 0 Å². The number of benzene rings is 3. The predicted octanol–water partition coefficient (Wildman–Crippen LogP) is 5.58. The fourth-order valence-corrected chi connectivity index (χ4v) is 5.85. The van der Waals surface area contributed by atoms with E-state index in [1.54, 1.807) is 0 Å². The SMILES string of the molecule is CC(C)c1ccccc1N=C1Nc2ccccc2NC1C(C)[Se]c1ccccc1. The molecule has 0 fully saturated rings. The van der Waals surface area contributed by atoms with E-state index >= 15 is 0 Å². The summed E-state index contributed by atoms with van der Waals surface area (Å²) in [5.74, 6) is 1.44. The van der Waals surface area contributed by atoms with Crippen LogP contribution in [0.5, 0.6) is 0 Å². The number of hydrogen-bond acceptors (Lipinski definition) is 2. The molecule has 3 nitrogen and oxygen atoms in total. The molecule has 3 aromatic carbocycles. The summed E-state index contributed by atoms with van der Waals surface area (Å²) in [6.07, 6.45) is 0. The number of nitrogens with zero attached hydrogens (tertiary/aromatic N) is 1. The molecule has 1 aliphatic rings. The Hall–Kier alpha value is -2.55. The molecule has 148 valence electrons. The Morgan fingerprint density at radius 2 is 1.45 bits per heavy atom. The number of amidine groups is 1. The Balaban J connectivity index is 1.71. The van der Waals surface area contributed by atoms with E-state index in [4.69, 9.17) is 4.99 Å². The van der Waals surface area contributed by atoms with Crippen LogP contribution in [0.2, 0.25) is 4.82 Å². The molecule has 4 heteroatoms. The van der Waals surface area contributed by atoms with Crippen LogP contribution >= 0.6 is 0 Å². The van der Waals surface area contributed by atoms with Gasteiger partial charge < -0.3 is 0 Å². The summed E-state index contributed by atoms with van der Waals surface area (Å²) in [4.78, 5) is 5.58. The molecule has 2 unspecified atom stereocenters. The third-order valence-electron chi connectivity index (χ3n) is 5.13. The molecular weight excluding hydrogens is 421 g/mol. The van der Waals surface area contributed by atoms with Gasteiger partial charge >= 0.3 is 180 Å². The maximum atomic E-state index is 5.14. The van der Waals surface area contributed by atoms with Crippen molar-refractivity contribution in [2.75, 3.05) is 10.6 Å². The molecule has 0 aliphatic carbocycles. The molecule has 4 rings (SSSR count). The van der Waals surface area contributed by atoms with Crippen molar-refractivity contribution in [1.29, 1.82) is 0 Å². The average molecular weight is 448 g/mol. The molecule has 0 saturated heterocycles. The zero-order valence-electron chi connectivity index (χ0n) is 17.1. The van der Waals surface area contributed by atoms with Crippen LogP contribution in [-0.2, 0) is 0 Å². The van der Waals surface area contributed by atoms with Crippen LogP contribution in [0.1, 0.15) is 32.3 Å². The van der Waals surface area contributed by atoms with Crippen molar-refractivity contribution in [1.82, 2.24) is 0 Å². The Labute approximate surface area is 179 Å². The van der Waals surface area contributed by atoms with Crippen LogP contribution in [0.4, 0.5) is 17.1 Å². The Bertz CT molecular complexity index is 998. The number of para-hydroxylation sites is 3. The summed E-state index contributed by atoms with van der Waals surface area (Å²) in [6.45, 7) is 6.77. The normalized spacial score (nSPS) is 18.1. The van der Waals surface area contributed by atoms with E-state index in [-0.39, 0.29) is 6.04 Å². The van der Waals surface area contributed by atoms with Crippen LogP contribution in [0.25, 0.3) is 0 Å². The first-order valence-corrected chi connectivity index (χ1v) is 12.0. The topological polar surface area (TPSA) is 36.4 Å². The van der Waals surface area contributed by atoms with Crippen molar-refractivity contribution in [2.24, 2.45) is 4.99 Å². The molecule has 0 saturated carbocycles. The summed E-state index contributed by atoms with van der Waals surface area (Å²) in [7, 11) is 0. The van der Waals surface area contributed by atoms with Crippen molar-refractivity contribution in [3.05, 3.63) is 84.4 Å². The minimum atomic E-state index is 0.144. The quantitative estimate of drug-likeness (QED) is 0.500. The van der Waals surface area contributed by atoms with Crippen LogP contribution in [0, 0.1) is 0 Å². The second-order valence-electron chi connectivity index (χ2n) is 7.64. The van der Waals surface area contributed by atoms with E-state index in [0.717, 1.165) is 22.9 Å². The van der Waals surface area contributed by atoms with Crippen molar-refractivity contribution in [3.63, 3.8) is 0 Å². The molecular formula is C25H27N3Se. The zero-order chi connectivity index (χ0) is 20.2. The van der Waals surface area contributed by atoms with Gasteiger partial charge in [0.2, 0.25) is 0 Å². The van der Waals surface area contributed by atoms with Gasteiger partial charge in [-0.3, -0.25) is 0 Å². The number of hydrogen-bond donors (Lipinski definition) is 2. The molecule has 0 radical (unpaired) electrons. The Morgan fingerprint density at radius 3 is 2.21 bits per heavy atom. The number of rotatable bonds is 5. The third kappa shape index (κ3) is 4.55. The molecule has 0 spiro atoms. The summed E-state index contributed by atoms with van der Waals surface area (Å²) in [5.41, 5.74) is 4.56. The van der Waals surface area contributed by atoms with Gasteiger partial charge in [0, 0.05) is 0 Å². The summed E-state index contributed by atoms with van der Waals surface area (Å²) >= 11 is 0.339. The second kappa shape index (κ2) is 8.85. The monoisotopic (exact) mass is 449 g/mol. The summed E-state index contributed by atoms with van der Waals surface area (Å²) < 4.78 is 1.41. The van der Waals surface area contributed by atoms with Crippen molar-refractivity contribution in [3.8, 4) is 0 Å². The van der Waals surface area contributed by atoms with Crippen molar-refractivity contribution < 1.29 is 0 Å². The molecule has 1 aliphatic heterocycles. The van der Waals surface area contributed by atoms with E-state index in [0.29, 0.717) is 25.7 Å². The molecule has 2 N–H and O–H groups in total. The standard InChI is InChI=1S/C25H27N3Se/c1-17(2)20-13-7-8-14-21(20)27-25-24(18(3)29-19-11-5-4-6-12-19)26-22-15-9-10-16-23(22)28-25/h4-18,24,26H,1-3H3,(H,27,28). The molecule has 29 heavy (non-hydrogen) atoms. The van der Waals surface area contributed by atoms with E-state index < -0.39 is 0 Å². The molecule has 0 amide bonds. The predicted molar refractivity (Wildman–Crippen MR) is 126 cm³/mol. The van der Waals surface area contributed by atoms with Gasteiger partial charge in [0.15, 0.2) is 0 Å². The zero-order valence-corrected chi connectivity index (χ0v) is 18.8. The first-order chi connectivity index (χ1) is 14.1. The number of fused-ring (bicyclic) bond motifs is 1. The molecule has 3 aromatic rings. The first kappa shape index (κ1) is 19.8. The van der Waals surface area contributed by atoms with Crippen LogP contribution in [-0.4, -0.2) is 26.8 Å². The van der Waals surface area contributed by atoms with Gasteiger partial charge in [0.25, 0.3) is 0 Å². The van der Waals surface area contributed by atoms with E-state index in [2.05, 4.69) is 110 Å². The third-order valence-corrected chi connectivity index (χ3v) is 7.62. The Kier molecular flexibility index (Phi) is 6.03. The molecule has 0 aromatic heterocycles. The minimum absolute atomic E-state index is 0.144. The molecule has 0 bridgehead atoms. The molecule has 1 heterocycles. The van der Waals surface area contributed by atoms with Gasteiger partial charge in [0.1, 0.15) is 0 Å². The number of nitrogens with one attached hydrogen (secondary N) is 2. The van der Waals surface area contributed by atoms with Gasteiger partial charge in [-0.15, -0.1) is 0 Å². The fourth-order valence-electron chi connectivity index (χ4n) is 3.60. The van der Waals surface area contributed by atoms with E-state index in [9.17, 15) is 0 Å². The van der Waals surface area contributed by atoms with Gasteiger partial charge in [-0.25, -0.2) is 0 Å².